The molecular weight excluding hydrogens is 395 g/mol. The van der Waals surface area contributed by atoms with Crippen LogP contribution in [-0.2, 0) is 0 Å². The summed E-state index contributed by atoms with van der Waals surface area (Å²) in [5.41, 5.74) is 2.38. The van der Waals surface area contributed by atoms with E-state index in [1.807, 2.05) is 24.8 Å². The summed E-state index contributed by atoms with van der Waals surface area (Å²) in [7, 11) is 0. The molecule has 2 aliphatic rings. The van der Waals surface area contributed by atoms with Crippen molar-refractivity contribution in [2.45, 2.75) is 13.8 Å². The smallest absolute Gasteiger partial charge is 0.254 e. The number of hydrogen-bond donors (Lipinski definition) is 0. The fraction of sp³-hybridized carbons (Fsp3) is 0.348. The molecule has 0 N–H and O–H groups in total. The monoisotopic (exact) mass is 418 g/mol. The zero-order valence-electron chi connectivity index (χ0n) is 17.5. The van der Waals surface area contributed by atoms with Crippen LogP contribution in [0.2, 0.25) is 0 Å². The number of rotatable bonds is 3. The van der Waals surface area contributed by atoms with E-state index in [4.69, 9.17) is 0 Å². The van der Waals surface area contributed by atoms with Gasteiger partial charge in [-0.3, -0.25) is 4.79 Å². The van der Waals surface area contributed by atoms with E-state index in [0.29, 0.717) is 30.5 Å². The molecule has 2 saturated heterocycles. The Hall–Kier alpha value is -3.42. The maximum absolute atomic E-state index is 14.6. The van der Waals surface area contributed by atoms with Crippen LogP contribution in [0.5, 0.6) is 0 Å². The minimum atomic E-state index is -0.491. The molecule has 8 heteroatoms. The summed E-state index contributed by atoms with van der Waals surface area (Å²) in [6.45, 7) is 6.85. The van der Waals surface area contributed by atoms with Crippen molar-refractivity contribution in [1.82, 2.24) is 24.8 Å². The number of carbonyl (C=O) groups is 1. The lowest BCUT2D eigenvalue weighted by molar-refractivity contribution is 0.0783. The van der Waals surface area contributed by atoms with E-state index in [9.17, 15) is 9.18 Å². The molecule has 0 saturated carbocycles. The number of anilines is 1. The molecule has 1 amide bonds. The molecule has 2 aliphatic heterocycles. The first-order chi connectivity index (χ1) is 15.0. The SMILES string of the molecule is Cc1cc(C)nc(N2CC3CN(C(=O)c4cccc(F)c4-c4ncccn4)CC3C2)n1. The average Bonchev–Trinajstić information content (AvgIpc) is 3.32. The van der Waals surface area contributed by atoms with E-state index >= 15 is 0 Å². The van der Waals surface area contributed by atoms with Crippen molar-refractivity contribution in [3.63, 3.8) is 0 Å². The summed E-state index contributed by atoms with van der Waals surface area (Å²) in [6, 6.07) is 8.18. The lowest BCUT2D eigenvalue weighted by Gasteiger charge is -2.23. The van der Waals surface area contributed by atoms with Crippen LogP contribution < -0.4 is 4.90 Å². The highest BCUT2D eigenvalue weighted by Gasteiger charge is 2.43. The Bertz CT molecular complexity index is 1100. The Kier molecular flexibility index (Phi) is 4.84. The molecule has 0 spiro atoms. The van der Waals surface area contributed by atoms with E-state index in [0.717, 1.165) is 30.4 Å². The van der Waals surface area contributed by atoms with Crippen molar-refractivity contribution in [2.75, 3.05) is 31.1 Å². The second-order valence-corrected chi connectivity index (χ2v) is 8.32. The number of nitrogens with zero attached hydrogens (tertiary/aromatic N) is 6. The molecule has 31 heavy (non-hydrogen) atoms. The number of halogens is 1. The number of likely N-dealkylation sites (tertiary alicyclic amines) is 1. The van der Waals surface area contributed by atoms with E-state index in [2.05, 4.69) is 24.8 Å². The summed E-state index contributed by atoms with van der Waals surface area (Å²) in [6.07, 6.45) is 3.10. The predicted octanol–water partition coefficient (Wildman–Crippen LogP) is 2.90. The topological polar surface area (TPSA) is 75.1 Å². The molecule has 0 aliphatic carbocycles. The summed E-state index contributed by atoms with van der Waals surface area (Å²) < 4.78 is 14.6. The Labute approximate surface area is 180 Å². The summed E-state index contributed by atoms with van der Waals surface area (Å²) in [5, 5.41) is 0. The van der Waals surface area contributed by atoms with Gasteiger partial charge in [-0.15, -0.1) is 0 Å². The molecule has 2 atom stereocenters. The molecule has 0 bridgehead atoms. The average molecular weight is 418 g/mol. The third-order valence-corrected chi connectivity index (χ3v) is 6.06. The van der Waals surface area contributed by atoms with Gasteiger partial charge in [0.15, 0.2) is 5.82 Å². The highest BCUT2D eigenvalue weighted by atomic mass is 19.1. The number of amides is 1. The zero-order chi connectivity index (χ0) is 21.5. The van der Waals surface area contributed by atoms with Crippen LogP contribution in [0.15, 0.2) is 42.7 Å². The molecule has 2 unspecified atom stereocenters. The molecule has 1 aromatic carbocycles. The van der Waals surface area contributed by atoms with Crippen LogP contribution in [-0.4, -0.2) is 56.9 Å². The predicted molar refractivity (Wildman–Crippen MR) is 114 cm³/mol. The van der Waals surface area contributed by atoms with Gasteiger partial charge in [-0.05, 0) is 38.1 Å². The van der Waals surface area contributed by atoms with Crippen molar-refractivity contribution in [1.29, 1.82) is 0 Å². The molecule has 3 aromatic rings. The summed E-state index contributed by atoms with van der Waals surface area (Å²) >= 11 is 0. The standard InChI is InChI=1S/C23H23FN6O/c1-14-9-15(2)28-23(27-14)30-12-16-10-29(11-17(16)13-30)22(31)18-5-3-6-19(24)20(18)21-25-7-4-8-26-21/h3-9,16-17H,10-13H2,1-2H3. The van der Waals surface area contributed by atoms with Gasteiger partial charge in [-0.1, -0.05) is 6.07 Å². The Morgan fingerprint density at radius 1 is 0.968 bits per heavy atom. The number of aryl methyl sites for hydroxylation is 2. The Balaban J connectivity index is 1.35. The second-order valence-electron chi connectivity index (χ2n) is 8.32. The molecular formula is C23H23FN6O. The van der Waals surface area contributed by atoms with Gasteiger partial charge in [0.2, 0.25) is 5.95 Å². The quantitative estimate of drug-likeness (QED) is 0.651. The third-order valence-electron chi connectivity index (χ3n) is 6.06. The van der Waals surface area contributed by atoms with Crippen LogP contribution in [0.3, 0.4) is 0 Å². The second kappa shape index (κ2) is 7.68. The fourth-order valence-electron chi connectivity index (χ4n) is 4.70. The molecule has 7 nitrogen and oxygen atoms in total. The van der Waals surface area contributed by atoms with Crippen LogP contribution in [0.25, 0.3) is 11.4 Å². The third kappa shape index (κ3) is 3.62. The number of hydrogen-bond acceptors (Lipinski definition) is 6. The lowest BCUT2D eigenvalue weighted by Crippen LogP contribution is -2.34. The molecule has 2 fully saturated rings. The number of fused-ring (bicyclic) bond motifs is 1. The molecule has 0 radical (unpaired) electrons. The molecule has 158 valence electrons. The zero-order valence-corrected chi connectivity index (χ0v) is 17.5. The number of carbonyl (C=O) groups excluding carboxylic acids is 1. The van der Waals surface area contributed by atoms with Crippen molar-refractivity contribution < 1.29 is 9.18 Å². The highest BCUT2D eigenvalue weighted by Crippen LogP contribution is 2.35. The van der Waals surface area contributed by atoms with Gasteiger partial charge >= 0.3 is 0 Å². The molecule has 4 heterocycles. The Morgan fingerprint density at radius 3 is 2.26 bits per heavy atom. The van der Waals surface area contributed by atoms with Crippen molar-refractivity contribution >= 4 is 11.9 Å². The van der Waals surface area contributed by atoms with Crippen LogP contribution in [0.4, 0.5) is 10.3 Å². The largest absolute Gasteiger partial charge is 0.340 e. The van der Waals surface area contributed by atoms with Gasteiger partial charge in [-0.25, -0.2) is 24.3 Å². The van der Waals surface area contributed by atoms with Gasteiger partial charge in [0.05, 0.1) is 11.1 Å². The van der Waals surface area contributed by atoms with Crippen molar-refractivity contribution in [2.24, 2.45) is 11.8 Å². The van der Waals surface area contributed by atoms with Crippen molar-refractivity contribution in [3.05, 3.63) is 65.5 Å². The van der Waals surface area contributed by atoms with Gasteiger partial charge < -0.3 is 9.80 Å². The summed E-state index contributed by atoms with van der Waals surface area (Å²) in [4.78, 5) is 34.8. The first-order valence-electron chi connectivity index (χ1n) is 10.4. The first-order valence-corrected chi connectivity index (χ1v) is 10.4. The maximum atomic E-state index is 14.6. The van der Waals surface area contributed by atoms with Crippen molar-refractivity contribution in [3.8, 4) is 11.4 Å². The molecule has 5 rings (SSSR count). The Morgan fingerprint density at radius 2 is 1.61 bits per heavy atom. The van der Waals surface area contributed by atoms with Crippen LogP contribution >= 0.6 is 0 Å². The fourth-order valence-corrected chi connectivity index (χ4v) is 4.70. The van der Waals surface area contributed by atoms with Gasteiger partial charge in [0.25, 0.3) is 5.91 Å². The maximum Gasteiger partial charge on any atom is 0.254 e. The minimum Gasteiger partial charge on any atom is -0.340 e. The molecule has 2 aromatic heterocycles. The van der Waals surface area contributed by atoms with Gasteiger partial charge in [0, 0.05) is 61.8 Å². The number of aromatic nitrogens is 4. The van der Waals surface area contributed by atoms with E-state index < -0.39 is 5.82 Å². The van der Waals surface area contributed by atoms with Gasteiger partial charge in [-0.2, -0.15) is 0 Å². The van der Waals surface area contributed by atoms with E-state index in [-0.39, 0.29) is 17.3 Å². The first kappa shape index (κ1) is 19.5. The van der Waals surface area contributed by atoms with Crippen LogP contribution in [0, 0.1) is 31.5 Å². The normalized spacial score (nSPS) is 20.2. The van der Waals surface area contributed by atoms with Gasteiger partial charge in [0.1, 0.15) is 5.82 Å². The summed E-state index contributed by atoms with van der Waals surface area (Å²) in [5.74, 6) is 1.01. The minimum absolute atomic E-state index is 0.162. The van der Waals surface area contributed by atoms with E-state index in [1.165, 1.54) is 6.07 Å². The van der Waals surface area contributed by atoms with Crippen LogP contribution in [0.1, 0.15) is 21.7 Å². The van der Waals surface area contributed by atoms with E-state index in [1.54, 1.807) is 30.6 Å². The highest BCUT2D eigenvalue weighted by molar-refractivity contribution is 6.00. The lowest BCUT2D eigenvalue weighted by atomic mass is 10.0. The number of benzene rings is 1.